The van der Waals surface area contributed by atoms with Gasteiger partial charge in [0.25, 0.3) is 5.91 Å². The lowest BCUT2D eigenvalue weighted by atomic mass is 10.2. The fourth-order valence-corrected chi connectivity index (χ4v) is 1.84. The van der Waals surface area contributed by atoms with Crippen LogP contribution in [0.2, 0.25) is 0 Å². The summed E-state index contributed by atoms with van der Waals surface area (Å²) in [5.74, 6) is -1.36. The fourth-order valence-electron chi connectivity index (χ4n) is 1.27. The van der Waals surface area contributed by atoms with Crippen molar-refractivity contribution in [3.05, 3.63) is 29.6 Å². The first-order valence-electron chi connectivity index (χ1n) is 5.38. The Morgan fingerprint density at radius 3 is 2.56 bits per heavy atom. The first kappa shape index (κ1) is 14.6. The summed E-state index contributed by atoms with van der Waals surface area (Å²) < 4.78 is 35.5. The molecule has 0 radical (unpaired) electrons. The Hall–Kier alpha value is -1.47. The number of hydrogen-bond acceptors (Lipinski definition) is 3. The van der Waals surface area contributed by atoms with Gasteiger partial charge in [0.2, 0.25) is 10.0 Å². The lowest BCUT2D eigenvalue weighted by molar-refractivity contribution is 0.0938. The zero-order chi connectivity index (χ0) is 13.9. The quantitative estimate of drug-likeness (QED) is 0.858. The molecular formula is C11H15FN2O3S. The number of halogens is 1. The minimum absolute atomic E-state index is 0.0701. The van der Waals surface area contributed by atoms with Gasteiger partial charge in [0.05, 0.1) is 4.90 Å². The monoisotopic (exact) mass is 274 g/mol. The van der Waals surface area contributed by atoms with Gasteiger partial charge in [-0.2, -0.15) is 0 Å². The molecule has 0 saturated heterocycles. The van der Waals surface area contributed by atoms with Gasteiger partial charge in [-0.1, -0.05) is 6.92 Å². The van der Waals surface area contributed by atoms with Crippen LogP contribution in [0.25, 0.3) is 0 Å². The van der Waals surface area contributed by atoms with Gasteiger partial charge in [-0.05, 0) is 31.5 Å². The van der Waals surface area contributed by atoms with E-state index in [0.29, 0.717) is 6.42 Å². The fraction of sp³-hybridized carbons (Fsp3) is 0.364. The van der Waals surface area contributed by atoms with E-state index in [2.05, 4.69) is 5.32 Å². The molecule has 0 spiro atoms. The highest BCUT2D eigenvalue weighted by atomic mass is 32.2. The van der Waals surface area contributed by atoms with Gasteiger partial charge in [0.1, 0.15) is 5.82 Å². The van der Waals surface area contributed by atoms with E-state index in [1.165, 1.54) is 0 Å². The molecule has 7 heteroatoms. The molecule has 0 aliphatic carbocycles. The van der Waals surface area contributed by atoms with E-state index in [1.54, 1.807) is 6.92 Å². The average molecular weight is 274 g/mol. The van der Waals surface area contributed by atoms with Crippen LogP contribution in [-0.4, -0.2) is 20.4 Å². The Balaban J connectivity index is 3.11. The van der Waals surface area contributed by atoms with Crippen molar-refractivity contribution in [2.75, 3.05) is 0 Å². The summed E-state index contributed by atoms with van der Waals surface area (Å²) in [5, 5.41) is 7.51. The van der Waals surface area contributed by atoms with Gasteiger partial charge in [0, 0.05) is 11.6 Å². The number of carbonyl (C=O) groups excluding carboxylic acids is 1. The van der Waals surface area contributed by atoms with Crippen LogP contribution < -0.4 is 10.5 Å². The van der Waals surface area contributed by atoms with Gasteiger partial charge < -0.3 is 5.32 Å². The van der Waals surface area contributed by atoms with Gasteiger partial charge in [-0.15, -0.1) is 0 Å². The molecule has 0 saturated carbocycles. The summed E-state index contributed by atoms with van der Waals surface area (Å²) in [4.78, 5) is 11.3. The molecule has 0 fully saturated rings. The van der Waals surface area contributed by atoms with Crippen LogP contribution >= 0.6 is 0 Å². The van der Waals surface area contributed by atoms with E-state index >= 15 is 0 Å². The number of nitrogens with two attached hydrogens (primary N) is 1. The number of carbonyl (C=O) groups is 1. The maximum atomic E-state index is 13.2. The van der Waals surface area contributed by atoms with Gasteiger partial charge >= 0.3 is 0 Å². The summed E-state index contributed by atoms with van der Waals surface area (Å²) in [6.07, 6.45) is 0.711. The largest absolute Gasteiger partial charge is 0.350 e. The SMILES string of the molecule is CCC(C)NC(=O)c1cc(F)cc(S(N)(=O)=O)c1. The first-order valence-corrected chi connectivity index (χ1v) is 6.93. The van der Waals surface area contributed by atoms with Crippen LogP contribution in [0.4, 0.5) is 4.39 Å². The van der Waals surface area contributed by atoms with Gasteiger partial charge in [-0.3, -0.25) is 4.79 Å². The molecule has 5 nitrogen and oxygen atoms in total. The molecule has 1 atom stereocenters. The van der Waals surface area contributed by atoms with E-state index in [9.17, 15) is 17.6 Å². The Kier molecular flexibility index (Phi) is 4.42. The molecule has 0 aromatic heterocycles. The van der Waals surface area contributed by atoms with Gasteiger partial charge in [0.15, 0.2) is 0 Å². The molecule has 3 N–H and O–H groups in total. The molecule has 1 aromatic carbocycles. The minimum atomic E-state index is -4.04. The molecule has 0 aliphatic rings. The summed E-state index contributed by atoms with van der Waals surface area (Å²) in [6.45, 7) is 3.67. The lowest BCUT2D eigenvalue weighted by Gasteiger charge is -2.11. The summed E-state index contributed by atoms with van der Waals surface area (Å²) in [7, 11) is -4.04. The number of nitrogens with one attached hydrogen (secondary N) is 1. The third kappa shape index (κ3) is 3.78. The van der Waals surface area contributed by atoms with Crippen LogP contribution in [0.1, 0.15) is 30.6 Å². The van der Waals surface area contributed by atoms with Crippen LogP contribution in [0.3, 0.4) is 0 Å². The highest BCUT2D eigenvalue weighted by Gasteiger charge is 2.15. The van der Waals surface area contributed by atoms with Crippen LogP contribution in [-0.2, 0) is 10.0 Å². The van der Waals surface area contributed by atoms with E-state index < -0.39 is 26.6 Å². The smallest absolute Gasteiger partial charge is 0.251 e. The van der Waals surface area contributed by atoms with Crippen molar-refractivity contribution in [3.63, 3.8) is 0 Å². The lowest BCUT2D eigenvalue weighted by Crippen LogP contribution is -2.32. The van der Waals surface area contributed by atoms with Crippen molar-refractivity contribution < 1.29 is 17.6 Å². The highest BCUT2D eigenvalue weighted by molar-refractivity contribution is 7.89. The van der Waals surface area contributed by atoms with Gasteiger partial charge in [-0.25, -0.2) is 17.9 Å². The number of primary sulfonamides is 1. The number of sulfonamides is 1. The van der Waals surface area contributed by atoms with Crippen molar-refractivity contribution >= 4 is 15.9 Å². The molecular weight excluding hydrogens is 259 g/mol. The summed E-state index contributed by atoms with van der Waals surface area (Å²) >= 11 is 0. The van der Waals surface area contributed by atoms with Crippen LogP contribution in [0.15, 0.2) is 23.1 Å². The molecule has 0 heterocycles. The predicted molar refractivity (Wildman–Crippen MR) is 65.0 cm³/mol. The first-order chi connectivity index (χ1) is 8.24. The molecule has 1 aromatic rings. The molecule has 1 rings (SSSR count). The standard InChI is InChI=1S/C11H15FN2O3S/c1-3-7(2)14-11(15)8-4-9(12)6-10(5-8)18(13,16)17/h4-7H,3H2,1-2H3,(H,14,15)(H2,13,16,17). The topological polar surface area (TPSA) is 89.3 Å². The molecule has 100 valence electrons. The molecule has 1 amide bonds. The van der Waals surface area contributed by atoms with Crippen molar-refractivity contribution in [2.45, 2.75) is 31.2 Å². The second kappa shape index (κ2) is 5.45. The third-order valence-corrected chi connectivity index (χ3v) is 3.34. The molecule has 0 aliphatic heterocycles. The van der Waals surface area contributed by atoms with Crippen molar-refractivity contribution in [3.8, 4) is 0 Å². The number of amides is 1. The van der Waals surface area contributed by atoms with E-state index in [0.717, 1.165) is 18.2 Å². The zero-order valence-corrected chi connectivity index (χ0v) is 10.9. The number of rotatable bonds is 4. The Bertz CT molecular complexity index is 557. The predicted octanol–water partition coefficient (Wildman–Crippen LogP) is 1.00. The van der Waals surface area contributed by atoms with Crippen LogP contribution in [0, 0.1) is 5.82 Å². The highest BCUT2D eigenvalue weighted by Crippen LogP contribution is 2.13. The minimum Gasteiger partial charge on any atom is -0.350 e. The summed E-state index contributed by atoms with van der Waals surface area (Å²) in [6, 6.07) is 2.71. The number of hydrogen-bond donors (Lipinski definition) is 2. The Morgan fingerprint density at radius 1 is 1.44 bits per heavy atom. The third-order valence-electron chi connectivity index (χ3n) is 2.45. The maximum Gasteiger partial charge on any atom is 0.251 e. The zero-order valence-electron chi connectivity index (χ0n) is 10.1. The Labute approximate surface area is 105 Å². The van der Waals surface area contributed by atoms with Crippen molar-refractivity contribution in [2.24, 2.45) is 5.14 Å². The number of benzene rings is 1. The molecule has 18 heavy (non-hydrogen) atoms. The second-order valence-electron chi connectivity index (χ2n) is 4.00. The molecule has 1 unspecified atom stereocenters. The average Bonchev–Trinajstić information content (AvgIpc) is 2.26. The van der Waals surface area contributed by atoms with Crippen LogP contribution in [0.5, 0.6) is 0 Å². The van der Waals surface area contributed by atoms with E-state index in [1.807, 2.05) is 6.92 Å². The molecule has 0 bridgehead atoms. The normalized spacial score (nSPS) is 13.1. The summed E-state index contributed by atoms with van der Waals surface area (Å²) in [5.41, 5.74) is -0.0701. The Morgan fingerprint density at radius 2 is 2.06 bits per heavy atom. The second-order valence-corrected chi connectivity index (χ2v) is 5.56. The maximum absolute atomic E-state index is 13.2. The van der Waals surface area contributed by atoms with E-state index in [-0.39, 0.29) is 11.6 Å². The van der Waals surface area contributed by atoms with Crippen molar-refractivity contribution in [1.29, 1.82) is 0 Å². The van der Waals surface area contributed by atoms with Crippen molar-refractivity contribution in [1.82, 2.24) is 5.32 Å². The van der Waals surface area contributed by atoms with E-state index in [4.69, 9.17) is 5.14 Å².